The molecule has 0 amide bonds. The second-order valence-corrected chi connectivity index (χ2v) is 11.8. The summed E-state index contributed by atoms with van der Waals surface area (Å²) >= 11 is 8.20. The molecule has 2 aliphatic heterocycles. The molecule has 0 unspecified atom stereocenters. The van der Waals surface area contributed by atoms with Gasteiger partial charge in [-0.1, -0.05) is 54.1 Å². The summed E-state index contributed by atoms with van der Waals surface area (Å²) in [5, 5.41) is 0.741. The molecule has 7 nitrogen and oxygen atoms in total. The molecule has 0 atom stereocenters. The van der Waals surface area contributed by atoms with Crippen molar-refractivity contribution >= 4 is 46.3 Å². The van der Waals surface area contributed by atoms with E-state index in [0.717, 1.165) is 52.1 Å². The molecule has 10 heteroatoms. The van der Waals surface area contributed by atoms with Gasteiger partial charge in [0.1, 0.15) is 16.4 Å². The fourth-order valence-electron chi connectivity index (χ4n) is 5.08. The predicted octanol–water partition coefficient (Wildman–Crippen LogP) is 3.13. The van der Waals surface area contributed by atoms with Gasteiger partial charge in [-0.05, 0) is 60.5 Å². The number of nitrogens with zero attached hydrogens (tertiary/aromatic N) is 1. The van der Waals surface area contributed by atoms with Crippen LogP contribution < -0.4 is 23.4 Å². The minimum atomic E-state index is -4.94. The van der Waals surface area contributed by atoms with Crippen LogP contribution in [0.15, 0.2) is 89.8 Å². The smallest absolute Gasteiger partial charge is 0.389 e. The molecule has 1 aliphatic carbocycles. The van der Waals surface area contributed by atoms with E-state index in [0.29, 0.717) is 0 Å². The number of thioether (sulfide) groups is 1. The number of benzene rings is 3. The molecule has 3 aliphatic rings. The zero-order chi connectivity index (χ0) is 27.6. The first-order valence-corrected chi connectivity index (χ1v) is 14.7. The molecular weight excluding hydrogens is 561 g/mol. The Morgan fingerprint density at radius 3 is 2.08 bits per heavy atom. The number of allylic oxidation sites excluding steroid dienone is 2. The third kappa shape index (κ3) is 6.18. The lowest BCUT2D eigenvalue weighted by atomic mass is 10.0. The summed E-state index contributed by atoms with van der Waals surface area (Å²) in [6.07, 6.45) is 6.86. The van der Waals surface area contributed by atoms with Crippen molar-refractivity contribution in [1.82, 2.24) is 0 Å². The van der Waals surface area contributed by atoms with Gasteiger partial charge < -0.3 is 9.47 Å². The normalized spacial score (nSPS) is 17.8. The van der Waals surface area contributed by atoms with Crippen LogP contribution in [0.4, 0.5) is 5.69 Å². The van der Waals surface area contributed by atoms with Crippen molar-refractivity contribution in [1.29, 1.82) is 0 Å². The Morgan fingerprint density at radius 2 is 1.49 bits per heavy atom. The molecule has 6 rings (SSSR count). The van der Waals surface area contributed by atoms with Crippen molar-refractivity contribution in [2.45, 2.75) is 30.6 Å². The van der Waals surface area contributed by atoms with Crippen LogP contribution in [0, 0.1) is 10.2 Å². The quantitative estimate of drug-likeness (QED) is 0.432. The van der Waals surface area contributed by atoms with E-state index in [4.69, 9.17) is 39.7 Å². The van der Waals surface area contributed by atoms with Crippen molar-refractivity contribution in [3.05, 3.63) is 106 Å². The molecule has 0 bridgehead atoms. The van der Waals surface area contributed by atoms with Crippen LogP contribution in [-0.4, -0.2) is 22.5 Å². The Balaban J connectivity index is 0.000000567. The minimum Gasteiger partial charge on any atom is -0.497 e. The highest BCUT2D eigenvalue weighted by Crippen LogP contribution is 2.56. The van der Waals surface area contributed by atoms with Crippen LogP contribution in [0.5, 0.6) is 5.75 Å². The van der Waals surface area contributed by atoms with Crippen LogP contribution >= 0.6 is 23.4 Å². The first-order chi connectivity index (χ1) is 18.7. The van der Waals surface area contributed by atoms with E-state index in [1.165, 1.54) is 23.3 Å². The van der Waals surface area contributed by atoms with Crippen molar-refractivity contribution < 1.29 is 42.9 Å². The summed E-state index contributed by atoms with van der Waals surface area (Å²) in [5.41, 5.74) is 4.53. The lowest BCUT2D eigenvalue weighted by Crippen LogP contribution is -2.68. The minimum absolute atomic E-state index is 0.0454. The van der Waals surface area contributed by atoms with Crippen LogP contribution in [0.25, 0.3) is 11.3 Å². The number of fused-ring (bicyclic) bond motifs is 1. The van der Waals surface area contributed by atoms with Gasteiger partial charge in [-0.2, -0.15) is 0 Å². The fourth-order valence-corrected chi connectivity index (χ4v) is 6.87. The standard InChI is InChI=1S/C29H25ClNO2S.ClHO4/c1-32-24-15-9-20(10-16-24)25-19-26(21-7-3-2-4-8-21)33-28-27(25)34-29(17-5-6-18-29)31(28)23-13-11-22(30)12-14-23;2-1(3,4)5/h2-4,7-16,19H,5-6,17-18H2,1H3;(H,2,3,4,5)/q+1;/p-1. The molecule has 0 N–H and O–H groups in total. The molecule has 3 aromatic carbocycles. The SMILES string of the molecule is COc1ccc(C2=C3SC4(CCCC4)[N+](c4ccc(Cl)cc4)=C3OC(c3ccccc3)=C2)cc1.[O-][Cl+3]([O-])([O-])[O-]. The van der Waals surface area contributed by atoms with Crippen LogP contribution in [-0.2, 0) is 4.74 Å². The maximum atomic E-state index is 8.49. The largest absolute Gasteiger partial charge is 0.497 e. The number of hydrogen-bond acceptors (Lipinski definition) is 7. The Kier molecular flexibility index (Phi) is 8.07. The second kappa shape index (κ2) is 11.3. The molecule has 1 fully saturated rings. The van der Waals surface area contributed by atoms with Crippen LogP contribution in [0.1, 0.15) is 36.8 Å². The Labute approximate surface area is 238 Å². The zero-order valence-electron chi connectivity index (χ0n) is 21.0. The van der Waals surface area contributed by atoms with E-state index >= 15 is 0 Å². The lowest BCUT2D eigenvalue weighted by molar-refractivity contribution is -2.00. The first-order valence-electron chi connectivity index (χ1n) is 12.2. The molecule has 3 aromatic rings. The summed E-state index contributed by atoms with van der Waals surface area (Å²) in [5.74, 6) is 2.63. The maximum Gasteiger partial charge on any atom is 0.389 e. The highest BCUT2D eigenvalue weighted by Gasteiger charge is 2.57. The lowest BCUT2D eigenvalue weighted by Gasteiger charge is -2.19. The van der Waals surface area contributed by atoms with Gasteiger partial charge in [-0.3, -0.25) is 0 Å². The van der Waals surface area contributed by atoms with E-state index in [1.54, 1.807) is 7.11 Å². The van der Waals surface area contributed by atoms with Crippen LogP contribution in [0.2, 0.25) is 5.02 Å². The van der Waals surface area contributed by atoms with Gasteiger partial charge in [0.05, 0.1) is 7.11 Å². The highest BCUT2D eigenvalue weighted by atomic mass is 35.7. The number of halogens is 2. The topological polar surface area (TPSA) is 114 Å². The molecule has 1 saturated carbocycles. The third-order valence-electron chi connectivity index (χ3n) is 6.75. The zero-order valence-corrected chi connectivity index (χ0v) is 23.3. The molecule has 0 radical (unpaired) electrons. The number of hydrogen-bond donors (Lipinski definition) is 0. The molecule has 0 aromatic heterocycles. The van der Waals surface area contributed by atoms with E-state index in [1.807, 2.05) is 42.1 Å². The predicted molar refractivity (Wildman–Crippen MR) is 141 cm³/mol. The second-order valence-electron chi connectivity index (χ2n) is 9.20. The van der Waals surface area contributed by atoms with E-state index in [2.05, 4.69) is 59.2 Å². The van der Waals surface area contributed by atoms with Gasteiger partial charge >= 0.3 is 5.90 Å². The summed E-state index contributed by atoms with van der Waals surface area (Å²) in [7, 11) is -3.24. The van der Waals surface area contributed by atoms with Gasteiger partial charge in [0, 0.05) is 41.1 Å². The van der Waals surface area contributed by atoms with Gasteiger partial charge in [0.15, 0.2) is 0 Å². The monoisotopic (exact) mass is 585 g/mol. The summed E-state index contributed by atoms with van der Waals surface area (Å²) in [4.78, 5) is 1.15. The first kappa shape index (κ1) is 27.7. The van der Waals surface area contributed by atoms with Gasteiger partial charge in [0.2, 0.25) is 10.6 Å². The fraction of sp³-hybridized carbons (Fsp3) is 0.207. The average molecular weight is 586 g/mol. The van der Waals surface area contributed by atoms with Gasteiger partial charge in [-0.25, -0.2) is 18.6 Å². The van der Waals surface area contributed by atoms with Crippen molar-refractivity contribution in [2.75, 3.05) is 7.11 Å². The number of methoxy groups -OCH3 is 1. The summed E-state index contributed by atoms with van der Waals surface area (Å²) in [6.45, 7) is 0. The van der Waals surface area contributed by atoms with Crippen LogP contribution in [0.3, 0.4) is 0 Å². The summed E-state index contributed by atoms with van der Waals surface area (Å²) < 4.78 is 48.6. The van der Waals surface area contributed by atoms with Crippen molar-refractivity contribution in [2.24, 2.45) is 0 Å². The Hall–Kier alpha value is -2.82. The average Bonchev–Trinajstić information content (AvgIpc) is 3.52. The molecule has 2 heterocycles. The Bertz CT molecular complexity index is 1420. The molecule has 202 valence electrons. The van der Waals surface area contributed by atoms with E-state index in [-0.39, 0.29) is 4.87 Å². The molecular formula is C29H25Cl2NO6S. The number of rotatable bonds is 4. The molecule has 1 spiro atoms. The molecule has 39 heavy (non-hydrogen) atoms. The highest BCUT2D eigenvalue weighted by molar-refractivity contribution is 8.05. The molecule has 0 saturated heterocycles. The van der Waals surface area contributed by atoms with Gasteiger partial charge in [-0.15, -0.1) is 14.8 Å². The maximum absolute atomic E-state index is 8.49. The van der Waals surface area contributed by atoms with Crippen molar-refractivity contribution in [3.63, 3.8) is 0 Å². The Morgan fingerprint density at radius 1 is 0.872 bits per heavy atom. The van der Waals surface area contributed by atoms with E-state index in [9.17, 15) is 0 Å². The van der Waals surface area contributed by atoms with E-state index < -0.39 is 10.2 Å². The van der Waals surface area contributed by atoms with Crippen molar-refractivity contribution in [3.8, 4) is 5.75 Å². The van der Waals surface area contributed by atoms with Gasteiger partial charge in [0.25, 0.3) is 0 Å². The number of ether oxygens (including phenoxy) is 2. The third-order valence-corrected chi connectivity index (χ3v) is 8.57. The summed E-state index contributed by atoms with van der Waals surface area (Å²) in [6, 6.07) is 26.8.